The van der Waals surface area contributed by atoms with Crippen LogP contribution >= 0.6 is 0 Å². The molecule has 0 spiro atoms. The molecular weight excluding hydrogens is 237 g/mol. The number of hydrogen-bond acceptors (Lipinski definition) is 0. The van der Waals surface area contributed by atoms with Crippen molar-refractivity contribution >= 4 is 5.69 Å². The van der Waals surface area contributed by atoms with E-state index in [0.717, 1.165) is 5.69 Å². The normalized spacial score (nSPS) is 6.10. The highest BCUT2D eigenvalue weighted by atomic mass is 79.9. The standard InChI is InChI=1S/C6H7N.BrH.2ClH/c7-6-4-2-1-3-5-6;;;/h1-5H,7H2;3*1H/p-2. The maximum absolute atomic E-state index is 3.72. The van der Waals surface area contributed by atoms with E-state index in [1.807, 2.05) is 30.3 Å². The minimum atomic E-state index is 0. The summed E-state index contributed by atoms with van der Waals surface area (Å²) in [6.07, 6.45) is 0. The van der Waals surface area contributed by atoms with Crippen LogP contribution in [0.4, 0.5) is 5.69 Å². The van der Waals surface area contributed by atoms with Gasteiger partial charge in [-0.25, -0.2) is 0 Å². The Kier molecular flexibility index (Phi) is 15.4. The fourth-order valence-electron chi connectivity index (χ4n) is 0.478. The Morgan fingerprint density at radius 3 is 1.50 bits per heavy atom. The second kappa shape index (κ2) is 9.24. The van der Waals surface area contributed by atoms with Gasteiger partial charge in [0.1, 0.15) is 5.69 Å². The Bertz CT molecular complexity index is 146. The summed E-state index contributed by atoms with van der Waals surface area (Å²) < 4.78 is 0. The zero-order chi connectivity index (χ0) is 5.11. The summed E-state index contributed by atoms with van der Waals surface area (Å²) in [7, 11) is 0. The highest BCUT2D eigenvalue weighted by Crippen LogP contribution is 1.93. The summed E-state index contributed by atoms with van der Waals surface area (Å²) in [5.74, 6) is 0. The van der Waals surface area contributed by atoms with Crippen LogP contribution < -0.4 is 47.5 Å². The number of hydrogen-bond donors (Lipinski definition) is 1. The molecule has 0 aliphatic rings. The van der Waals surface area contributed by atoms with Gasteiger partial charge in [0.05, 0.1) is 0 Å². The van der Waals surface area contributed by atoms with Crippen LogP contribution in [0.15, 0.2) is 30.3 Å². The van der Waals surface area contributed by atoms with Gasteiger partial charge in [-0.2, -0.15) is 0 Å². The Morgan fingerprint density at radius 1 is 0.900 bits per heavy atom. The first-order valence-corrected chi connectivity index (χ1v) is 2.26. The molecule has 0 amide bonds. The molecular formula is C6H8BrCl2N-2. The smallest absolute Gasteiger partial charge is 0.127 e. The molecule has 3 N–H and O–H groups in total. The number of quaternary nitrogens is 1. The van der Waals surface area contributed by atoms with Gasteiger partial charge in [0.15, 0.2) is 0 Å². The lowest BCUT2D eigenvalue weighted by Gasteiger charge is -1.78. The molecule has 60 valence electrons. The molecule has 0 bridgehead atoms. The van der Waals surface area contributed by atoms with Gasteiger partial charge in [-0.15, -0.1) is 0 Å². The zero-order valence-electron chi connectivity index (χ0n) is 5.23. The number of halogens is 3. The van der Waals surface area contributed by atoms with Gasteiger partial charge >= 0.3 is 0 Å². The summed E-state index contributed by atoms with van der Waals surface area (Å²) in [6.45, 7) is 0. The second-order valence-corrected chi connectivity index (χ2v) is 1.49. The van der Waals surface area contributed by atoms with Crippen LogP contribution in [0.2, 0.25) is 0 Å². The first kappa shape index (κ1) is 16.7. The predicted octanol–water partition coefficient (Wildman–Crippen LogP) is -8.43. The van der Waals surface area contributed by atoms with Crippen molar-refractivity contribution in [2.75, 3.05) is 0 Å². The summed E-state index contributed by atoms with van der Waals surface area (Å²) >= 11 is 0. The van der Waals surface area contributed by atoms with Crippen LogP contribution in [0.5, 0.6) is 0 Å². The van der Waals surface area contributed by atoms with Crippen LogP contribution in [-0.2, 0) is 0 Å². The highest BCUT2D eigenvalue weighted by Gasteiger charge is 1.77. The van der Waals surface area contributed by atoms with Gasteiger partial charge in [-0.3, -0.25) is 0 Å². The first-order valence-electron chi connectivity index (χ1n) is 2.26. The Morgan fingerprint density at radius 2 is 1.30 bits per heavy atom. The molecule has 0 aliphatic heterocycles. The maximum Gasteiger partial charge on any atom is 0.127 e. The van der Waals surface area contributed by atoms with Crippen molar-refractivity contribution in [3.05, 3.63) is 30.3 Å². The van der Waals surface area contributed by atoms with E-state index in [0.29, 0.717) is 0 Å². The molecule has 0 aromatic heterocycles. The van der Waals surface area contributed by atoms with Crippen LogP contribution in [0, 0.1) is 0 Å². The first-order chi connectivity index (χ1) is 3.39. The Hall–Kier alpha value is 0.240. The largest absolute Gasteiger partial charge is 1.00 e. The lowest BCUT2D eigenvalue weighted by Crippen LogP contribution is -3.00. The van der Waals surface area contributed by atoms with Gasteiger partial charge in [0, 0.05) is 0 Å². The van der Waals surface area contributed by atoms with E-state index in [-0.39, 0.29) is 41.8 Å². The van der Waals surface area contributed by atoms with Gasteiger partial charge in [-0.05, 0) is 12.1 Å². The molecule has 1 aromatic carbocycles. The molecule has 4 heteroatoms. The molecule has 10 heavy (non-hydrogen) atoms. The van der Waals surface area contributed by atoms with E-state index in [1.54, 1.807) is 0 Å². The van der Waals surface area contributed by atoms with Gasteiger partial charge < -0.3 is 47.5 Å². The summed E-state index contributed by atoms with van der Waals surface area (Å²) in [5.41, 5.74) is 4.79. The molecule has 1 rings (SSSR count). The average Bonchev–Trinajstić information content (AvgIpc) is 1.69. The van der Waals surface area contributed by atoms with E-state index in [1.165, 1.54) is 0 Å². The highest BCUT2D eigenvalue weighted by molar-refractivity contribution is 5.25. The van der Waals surface area contributed by atoms with Crippen LogP contribution in [0.25, 0.3) is 0 Å². The average molecular weight is 245 g/mol. The van der Waals surface area contributed by atoms with Crippen molar-refractivity contribution in [3.63, 3.8) is 0 Å². The maximum atomic E-state index is 3.72. The van der Waals surface area contributed by atoms with E-state index in [4.69, 9.17) is 0 Å². The quantitative estimate of drug-likeness (QED) is 0.470. The van der Waals surface area contributed by atoms with E-state index >= 15 is 0 Å². The number of benzene rings is 1. The Labute approximate surface area is 83.6 Å². The van der Waals surface area contributed by atoms with Crippen LogP contribution in [0.1, 0.15) is 0 Å². The van der Waals surface area contributed by atoms with Crippen molar-refractivity contribution in [1.29, 1.82) is 0 Å². The van der Waals surface area contributed by atoms with Crippen molar-refractivity contribution in [2.45, 2.75) is 0 Å². The van der Waals surface area contributed by atoms with Gasteiger partial charge in [-0.1, -0.05) is 18.2 Å². The number of rotatable bonds is 0. The minimum Gasteiger partial charge on any atom is -1.00 e. The topological polar surface area (TPSA) is 27.6 Å². The van der Waals surface area contributed by atoms with Crippen LogP contribution in [0.3, 0.4) is 0 Å². The monoisotopic (exact) mass is 243 g/mol. The zero-order valence-corrected chi connectivity index (χ0v) is 8.33. The van der Waals surface area contributed by atoms with Crippen LogP contribution in [-0.4, -0.2) is 0 Å². The van der Waals surface area contributed by atoms with E-state index in [2.05, 4.69) is 5.73 Å². The third-order valence-electron chi connectivity index (χ3n) is 0.843. The van der Waals surface area contributed by atoms with Crippen molar-refractivity contribution in [2.24, 2.45) is 0 Å². The molecule has 0 radical (unpaired) electrons. The molecule has 1 nitrogen and oxygen atoms in total. The van der Waals surface area contributed by atoms with Crippen molar-refractivity contribution < 1.29 is 47.5 Å². The van der Waals surface area contributed by atoms with Gasteiger partial charge in [0.2, 0.25) is 0 Å². The molecule has 0 aliphatic carbocycles. The molecule has 0 saturated heterocycles. The van der Waals surface area contributed by atoms with Crippen molar-refractivity contribution in [3.8, 4) is 0 Å². The molecule has 0 atom stereocenters. The fraction of sp³-hybridized carbons (Fsp3) is 0. The third kappa shape index (κ3) is 6.36. The molecule has 0 fully saturated rings. The molecule has 0 heterocycles. The molecule has 0 saturated carbocycles. The molecule has 1 aromatic rings. The SMILES string of the molecule is [Br-].[Cl-].[Cl-].[NH3+]c1ccccc1. The molecule has 0 unspecified atom stereocenters. The summed E-state index contributed by atoms with van der Waals surface area (Å²) in [4.78, 5) is 0. The summed E-state index contributed by atoms with van der Waals surface area (Å²) in [5, 5.41) is 0. The fourth-order valence-corrected chi connectivity index (χ4v) is 0.478. The lowest BCUT2D eigenvalue weighted by atomic mass is 10.3. The van der Waals surface area contributed by atoms with Gasteiger partial charge in [0.25, 0.3) is 0 Å². The van der Waals surface area contributed by atoms with Crippen molar-refractivity contribution in [1.82, 2.24) is 0 Å². The third-order valence-corrected chi connectivity index (χ3v) is 0.843. The van der Waals surface area contributed by atoms with E-state index < -0.39 is 0 Å². The second-order valence-electron chi connectivity index (χ2n) is 1.49. The summed E-state index contributed by atoms with van der Waals surface area (Å²) in [6, 6.07) is 9.87. The van der Waals surface area contributed by atoms with E-state index in [9.17, 15) is 0 Å². The lowest BCUT2D eigenvalue weighted by molar-refractivity contribution is -0.254. The minimum absolute atomic E-state index is 0. The predicted molar refractivity (Wildman–Crippen MR) is 29.0 cm³/mol. The Balaban J connectivity index is -0.000000163.